The Morgan fingerprint density at radius 2 is 1.46 bits per heavy atom. The molecular weight excluding hydrogens is 464 g/mol. The molecule has 35 heavy (non-hydrogen) atoms. The van der Waals surface area contributed by atoms with Crippen molar-refractivity contribution in [1.29, 1.82) is 0 Å². The Morgan fingerprint density at radius 3 is 1.97 bits per heavy atom. The lowest BCUT2D eigenvalue weighted by Crippen LogP contribution is -2.56. The number of carboxylic acids is 2. The number of unbranched alkanes of at least 4 members (excludes halogenated alkanes) is 1. The number of aliphatic carboxylic acids is 2. The Morgan fingerprint density at radius 1 is 0.829 bits per heavy atom. The number of hydrogen-bond acceptors (Lipinski definition) is 8. The summed E-state index contributed by atoms with van der Waals surface area (Å²) < 4.78 is 0. The third-order valence-electron chi connectivity index (χ3n) is 5.00. The highest BCUT2D eigenvalue weighted by atomic mass is 16.4. The minimum atomic E-state index is -1.23. The second-order valence-electron chi connectivity index (χ2n) is 8.46. The van der Waals surface area contributed by atoms with Crippen molar-refractivity contribution < 1.29 is 39.0 Å². The van der Waals surface area contributed by atoms with Gasteiger partial charge in [-0.3, -0.25) is 28.8 Å². The number of carbonyl (C=O) groups is 6. The maximum absolute atomic E-state index is 12.6. The van der Waals surface area contributed by atoms with Gasteiger partial charge < -0.3 is 42.9 Å². The van der Waals surface area contributed by atoms with Crippen molar-refractivity contribution in [1.82, 2.24) is 21.3 Å². The first-order chi connectivity index (χ1) is 16.3. The van der Waals surface area contributed by atoms with E-state index < -0.39 is 66.3 Å². The largest absolute Gasteiger partial charge is 0.481 e. The number of amides is 4. The molecule has 0 aromatic heterocycles. The molecule has 0 radical (unpaired) electrons. The van der Waals surface area contributed by atoms with Gasteiger partial charge in [-0.15, -0.1) is 0 Å². The summed E-state index contributed by atoms with van der Waals surface area (Å²) in [5, 5.41) is 27.3. The highest BCUT2D eigenvalue weighted by Gasteiger charge is 2.28. The topological polar surface area (TPSA) is 243 Å². The van der Waals surface area contributed by atoms with Gasteiger partial charge in [0.2, 0.25) is 23.6 Å². The van der Waals surface area contributed by atoms with Crippen LogP contribution in [-0.2, 0) is 28.8 Å². The summed E-state index contributed by atoms with van der Waals surface area (Å²) in [6.07, 6.45) is 0.901. The second kappa shape index (κ2) is 16.4. The van der Waals surface area contributed by atoms with E-state index >= 15 is 0 Å². The maximum atomic E-state index is 12.6. The summed E-state index contributed by atoms with van der Waals surface area (Å²) in [5.41, 5.74) is 11.1. The van der Waals surface area contributed by atoms with Crippen molar-refractivity contribution in [2.45, 2.75) is 77.0 Å². The van der Waals surface area contributed by atoms with Crippen LogP contribution < -0.4 is 32.7 Å². The van der Waals surface area contributed by atoms with Crippen molar-refractivity contribution >= 4 is 35.6 Å². The van der Waals surface area contributed by atoms with Gasteiger partial charge in [-0.2, -0.15) is 0 Å². The SMILES string of the molecule is CC(C)[C@H](NC(=O)[C@@H](N)CCC(=O)O)C(=O)NCC(=O)N[C@@H](CCCCN)C(=O)N[C@@H](C)C(=O)O. The number of carboxylic acid groups (broad SMARTS) is 2. The number of nitrogens with two attached hydrogens (primary N) is 2. The molecule has 0 aliphatic rings. The Kier molecular flexibility index (Phi) is 14.9. The molecule has 0 aliphatic carbocycles. The van der Waals surface area contributed by atoms with Crippen molar-refractivity contribution in [2.24, 2.45) is 17.4 Å². The highest BCUT2D eigenvalue weighted by Crippen LogP contribution is 2.05. The van der Waals surface area contributed by atoms with Gasteiger partial charge >= 0.3 is 11.9 Å². The molecule has 0 saturated carbocycles. The number of hydrogen-bond donors (Lipinski definition) is 8. The summed E-state index contributed by atoms with van der Waals surface area (Å²) in [5.74, 6) is -5.46. The van der Waals surface area contributed by atoms with Crippen LogP contribution in [0.15, 0.2) is 0 Å². The van der Waals surface area contributed by atoms with Gasteiger partial charge in [-0.1, -0.05) is 13.8 Å². The summed E-state index contributed by atoms with van der Waals surface area (Å²) >= 11 is 0. The predicted octanol–water partition coefficient (Wildman–Crippen LogP) is -2.36. The van der Waals surface area contributed by atoms with Gasteiger partial charge in [0.25, 0.3) is 0 Å². The van der Waals surface area contributed by atoms with Gasteiger partial charge in [-0.05, 0) is 45.1 Å². The summed E-state index contributed by atoms with van der Waals surface area (Å²) in [7, 11) is 0. The zero-order valence-electron chi connectivity index (χ0n) is 20.3. The molecule has 0 aromatic carbocycles. The third kappa shape index (κ3) is 13.3. The van der Waals surface area contributed by atoms with Crippen LogP contribution in [-0.4, -0.2) is 83.0 Å². The van der Waals surface area contributed by atoms with Crippen LogP contribution in [0.1, 0.15) is 52.9 Å². The second-order valence-corrected chi connectivity index (χ2v) is 8.46. The minimum Gasteiger partial charge on any atom is -0.481 e. The van der Waals surface area contributed by atoms with Gasteiger partial charge in [0.1, 0.15) is 18.1 Å². The van der Waals surface area contributed by atoms with E-state index in [2.05, 4.69) is 21.3 Å². The Balaban J connectivity index is 4.99. The quantitative estimate of drug-likeness (QED) is 0.0983. The van der Waals surface area contributed by atoms with Gasteiger partial charge in [0.15, 0.2) is 0 Å². The normalized spacial score (nSPS) is 14.2. The van der Waals surface area contributed by atoms with E-state index in [1.165, 1.54) is 6.92 Å². The molecule has 0 rings (SSSR count). The first-order valence-electron chi connectivity index (χ1n) is 11.4. The van der Waals surface area contributed by atoms with Crippen molar-refractivity contribution in [3.05, 3.63) is 0 Å². The molecule has 200 valence electrons. The third-order valence-corrected chi connectivity index (χ3v) is 5.00. The van der Waals surface area contributed by atoms with Crippen LogP contribution in [0.25, 0.3) is 0 Å². The fraction of sp³-hybridized carbons (Fsp3) is 0.714. The highest BCUT2D eigenvalue weighted by molar-refractivity contribution is 5.94. The molecule has 14 heteroatoms. The first kappa shape index (κ1) is 31.7. The molecule has 4 amide bonds. The van der Waals surface area contributed by atoms with Gasteiger partial charge in [0.05, 0.1) is 12.6 Å². The standard InChI is InChI=1S/C21H38N6O8/c1-11(2)17(27-18(31)13(23)7-8-16(29)30)20(33)24-10-15(28)26-14(6-4-5-9-22)19(32)25-12(3)21(34)35/h11-14,17H,4-10,22-23H2,1-3H3,(H,24,33)(H,25,32)(H,26,28)(H,27,31)(H,29,30)(H,34,35)/t12-,13-,14-,17-/m0/s1. The van der Waals surface area contributed by atoms with Crippen molar-refractivity contribution in [3.63, 3.8) is 0 Å². The average Bonchev–Trinajstić information content (AvgIpc) is 2.78. The maximum Gasteiger partial charge on any atom is 0.325 e. The number of rotatable bonds is 17. The van der Waals surface area contributed by atoms with Crippen LogP contribution in [0.4, 0.5) is 0 Å². The Bertz CT molecular complexity index is 760. The lowest BCUT2D eigenvalue weighted by atomic mass is 10.0. The summed E-state index contributed by atoms with van der Waals surface area (Å²) in [6.45, 7) is 4.49. The monoisotopic (exact) mass is 502 g/mol. The molecule has 0 unspecified atom stereocenters. The van der Waals surface area contributed by atoms with E-state index in [4.69, 9.17) is 21.7 Å². The molecule has 0 aliphatic heterocycles. The lowest BCUT2D eigenvalue weighted by molar-refractivity contribution is -0.141. The van der Waals surface area contributed by atoms with E-state index in [0.29, 0.717) is 19.4 Å². The van der Waals surface area contributed by atoms with E-state index in [1.54, 1.807) is 13.8 Å². The molecule has 0 saturated heterocycles. The van der Waals surface area contributed by atoms with Crippen LogP contribution >= 0.6 is 0 Å². The number of nitrogens with one attached hydrogen (secondary N) is 4. The lowest BCUT2D eigenvalue weighted by Gasteiger charge is -2.24. The van der Waals surface area contributed by atoms with Crippen molar-refractivity contribution in [3.8, 4) is 0 Å². The molecule has 0 heterocycles. The van der Waals surface area contributed by atoms with E-state index in [9.17, 15) is 28.8 Å². The Hall–Kier alpha value is -3.26. The predicted molar refractivity (Wildman–Crippen MR) is 125 cm³/mol. The summed E-state index contributed by atoms with van der Waals surface area (Å²) in [4.78, 5) is 71.2. The average molecular weight is 503 g/mol. The zero-order chi connectivity index (χ0) is 27.1. The molecule has 0 fully saturated rings. The minimum absolute atomic E-state index is 0.107. The van der Waals surface area contributed by atoms with Gasteiger partial charge in [-0.25, -0.2) is 0 Å². The zero-order valence-corrected chi connectivity index (χ0v) is 20.3. The van der Waals surface area contributed by atoms with Crippen molar-refractivity contribution in [2.75, 3.05) is 13.1 Å². The van der Waals surface area contributed by atoms with Gasteiger partial charge in [0, 0.05) is 6.42 Å². The molecule has 0 spiro atoms. The molecule has 4 atom stereocenters. The molecule has 14 nitrogen and oxygen atoms in total. The number of carbonyl (C=O) groups excluding carboxylic acids is 4. The van der Waals surface area contributed by atoms with E-state index in [1.807, 2.05) is 0 Å². The van der Waals surface area contributed by atoms with Crippen LogP contribution in [0.5, 0.6) is 0 Å². The van der Waals surface area contributed by atoms with E-state index in [-0.39, 0.29) is 25.2 Å². The smallest absolute Gasteiger partial charge is 0.325 e. The van der Waals surface area contributed by atoms with Crippen LogP contribution in [0.3, 0.4) is 0 Å². The Labute approximate surface area is 203 Å². The van der Waals surface area contributed by atoms with Crippen LogP contribution in [0, 0.1) is 5.92 Å². The summed E-state index contributed by atoms with van der Waals surface area (Å²) in [6, 6.07) is -4.34. The van der Waals surface area contributed by atoms with E-state index in [0.717, 1.165) is 0 Å². The molecule has 0 bridgehead atoms. The molecule has 10 N–H and O–H groups in total. The molecule has 0 aromatic rings. The fourth-order valence-corrected chi connectivity index (χ4v) is 2.87. The first-order valence-corrected chi connectivity index (χ1v) is 11.4. The fourth-order valence-electron chi connectivity index (χ4n) is 2.87. The molecular formula is C21H38N6O8. The van der Waals surface area contributed by atoms with Crippen LogP contribution in [0.2, 0.25) is 0 Å².